The maximum atomic E-state index is 10.1. The number of hydrogen-bond donors (Lipinski definition) is 1. The number of esters is 1. The van der Waals surface area contributed by atoms with Crippen LogP contribution >= 0.6 is 0 Å². The molecule has 1 rings (SSSR count). The van der Waals surface area contributed by atoms with E-state index in [9.17, 15) is 14.4 Å². The first kappa shape index (κ1) is 12.6. The molecule has 0 aromatic carbocycles. The average Bonchev–Trinajstić information content (AvgIpc) is 2.53. The highest BCUT2D eigenvalue weighted by atomic mass is 16.5. The SMILES string of the molecule is CC(=O)CCC(=O)O.O=C1CCCO1. The van der Waals surface area contributed by atoms with Gasteiger partial charge in [0, 0.05) is 12.8 Å². The molecule has 0 bridgehead atoms. The molecule has 14 heavy (non-hydrogen) atoms. The largest absolute Gasteiger partial charge is 0.481 e. The van der Waals surface area contributed by atoms with E-state index in [2.05, 4.69) is 4.74 Å². The minimum Gasteiger partial charge on any atom is -0.481 e. The summed E-state index contributed by atoms with van der Waals surface area (Å²) in [5.74, 6) is -1.04. The fourth-order valence-electron chi connectivity index (χ4n) is 0.758. The number of Topliss-reactive ketones (excluding diaryl/α,β-unsaturated/α-hetero) is 1. The number of carbonyl (C=O) groups is 3. The van der Waals surface area contributed by atoms with Gasteiger partial charge >= 0.3 is 11.9 Å². The van der Waals surface area contributed by atoms with E-state index in [1.807, 2.05) is 0 Å². The van der Waals surface area contributed by atoms with Crippen LogP contribution in [0.2, 0.25) is 0 Å². The van der Waals surface area contributed by atoms with Crippen molar-refractivity contribution < 1.29 is 24.2 Å². The van der Waals surface area contributed by atoms with Crippen LogP contribution in [0, 0.1) is 0 Å². The highest BCUT2D eigenvalue weighted by Gasteiger charge is 2.08. The summed E-state index contributed by atoms with van der Waals surface area (Å²) in [6.45, 7) is 2.02. The van der Waals surface area contributed by atoms with Crippen LogP contribution in [0.3, 0.4) is 0 Å². The maximum Gasteiger partial charge on any atom is 0.305 e. The molecule has 0 spiro atoms. The Kier molecular flexibility index (Phi) is 6.36. The van der Waals surface area contributed by atoms with Gasteiger partial charge in [-0.3, -0.25) is 9.59 Å². The molecule has 5 heteroatoms. The van der Waals surface area contributed by atoms with Crippen molar-refractivity contribution in [3.63, 3.8) is 0 Å². The summed E-state index contributed by atoms with van der Waals surface area (Å²) in [5.41, 5.74) is 0. The van der Waals surface area contributed by atoms with E-state index in [0.29, 0.717) is 13.0 Å². The Balaban J connectivity index is 0.000000249. The molecule has 80 valence electrons. The average molecular weight is 202 g/mol. The van der Waals surface area contributed by atoms with Crippen LogP contribution < -0.4 is 0 Å². The topological polar surface area (TPSA) is 80.7 Å². The second-order valence-corrected chi connectivity index (χ2v) is 2.92. The van der Waals surface area contributed by atoms with Crippen molar-refractivity contribution in [3.05, 3.63) is 0 Å². The summed E-state index contributed by atoms with van der Waals surface area (Å²) in [4.78, 5) is 29.9. The van der Waals surface area contributed by atoms with Crippen LogP contribution in [0.25, 0.3) is 0 Å². The van der Waals surface area contributed by atoms with Crippen molar-refractivity contribution in [2.45, 2.75) is 32.6 Å². The Labute approximate surface area is 82.1 Å². The summed E-state index contributed by atoms with van der Waals surface area (Å²) in [6.07, 6.45) is 1.64. The lowest BCUT2D eigenvalue weighted by atomic mass is 10.2. The van der Waals surface area contributed by atoms with Crippen LogP contribution in [0.15, 0.2) is 0 Å². The molecular weight excluding hydrogens is 188 g/mol. The number of hydrogen-bond acceptors (Lipinski definition) is 4. The molecule has 0 atom stereocenters. The Morgan fingerprint density at radius 2 is 2.07 bits per heavy atom. The van der Waals surface area contributed by atoms with Gasteiger partial charge < -0.3 is 14.6 Å². The van der Waals surface area contributed by atoms with Crippen LogP contribution in [-0.4, -0.2) is 29.4 Å². The monoisotopic (exact) mass is 202 g/mol. The van der Waals surface area contributed by atoms with E-state index < -0.39 is 5.97 Å². The quantitative estimate of drug-likeness (QED) is 0.683. The number of rotatable bonds is 3. The molecule has 1 aliphatic heterocycles. The third-order valence-electron chi connectivity index (χ3n) is 1.48. The predicted molar refractivity (Wildman–Crippen MR) is 47.7 cm³/mol. The van der Waals surface area contributed by atoms with E-state index in [-0.39, 0.29) is 24.6 Å². The normalized spacial score (nSPS) is 13.9. The smallest absolute Gasteiger partial charge is 0.305 e. The second-order valence-electron chi connectivity index (χ2n) is 2.92. The van der Waals surface area contributed by atoms with E-state index >= 15 is 0 Å². The first-order chi connectivity index (χ1) is 6.52. The molecule has 1 aliphatic rings. The third-order valence-corrected chi connectivity index (χ3v) is 1.48. The fraction of sp³-hybridized carbons (Fsp3) is 0.667. The lowest BCUT2D eigenvalue weighted by Crippen LogP contribution is -1.98. The number of carboxylic acids is 1. The molecule has 0 saturated carbocycles. The summed E-state index contributed by atoms with van der Waals surface area (Å²) in [7, 11) is 0. The third kappa shape index (κ3) is 8.70. The van der Waals surface area contributed by atoms with Crippen LogP contribution in [0.1, 0.15) is 32.6 Å². The zero-order chi connectivity index (χ0) is 11.0. The predicted octanol–water partition coefficient (Wildman–Crippen LogP) is 0.764. The van der Waals surface area contributed by atoms with Gasteiger partial charge in [-0.25, -0.2) is 0 Å². The van der Waals surface area contributed by atoms with Crippen molar-refractivity contribution in [2.24, 2.45) is 0 Å². The van der Waals surface area contributed by atoms with Crippen LogP contribution in [0.5, 0.6) is 0 Å². The molecule has 0 aromatic rings. The minimum absolute atomic E-state index is 0.0463. The first-order valence-electron chi connectivity index (χ1n) is 4.39. The highest BCUT2D eigenvalue weighted by Crippen LogP contribution is 2.01. The van der Waals surface area contributed by atoms with Gasteiger partial charge in [-0.1, -0.05) is 0 Å². The van der Waals surface area contributed by atoms with Gasteiger partial charge in [-0.15, -0.1) is 0 Å². The molecule has 1 heterocycles. The Morgan fingerprint density at radius 3 is 2.21 bits per heavy atom. The molecule has 0 unspecified atom stereocenters. The molecule has 1 fully saturated rings. The van der Waals surface area contributed by atoms with E-state index in [0.717, 1.165) is 6.42 Å². The van der Waals surface area contributed by atoms with Crippen molar-refractivity contribution in [1.29, 1.82) is 0 Å². The number of cyclic esters (lactones) is 1. The van der Waals surface area contributed by atoms with Crippen molar-refractivity contribution in [2.75, 3.05) is 6.61 Å². The molecule has 1 N–H and O–H groups in total. The molecule has 1 saturated heterocycles. The van der Waals surface area contributed by atoms with Crippen molar-refractivity contribution >= 4 is 17.7 Å². The minimum atomic E-state index is -0.916. The van der Waals surface area contributed by atoms with Gasteiger partial charge in [0.15, 0.2) is 0 Å². The molecule has 5 nitrogen and oxygen atoms in total. The maximum absolute atomic E-state index is 10.1. The van der Waals surface area contributed by atoms with Gasteiger partial charge in [-0.05, 0) is 13.3 Å². The lowest BCUT2D eigenvalue weighted by molar-refractivity contribution is -0.138. The van der Waals surface area contributed by atoms with E-state index in [1.54, 1.807) is 0 Å². The van der Waals surface area contributed by atoms with Gasteiger partial charge in [-0.2, -0.15) is 0 Å². The lowest BCUT2D eigenvalue weighted by Gasteiger charge is -1.86. The Morgan fingerprint density at radius 1 is 1.43 bits per heavy atom. The van der Waals surface area contributed by atoms with E-state index in [1.165, 1.54) is 6.92 Å². The van der Waals surface area contributed by atoms with Crippen molar-refractivity contribution in [3.8, 4) is 0 Å². The zero-order valence-corrected chi connectivity index (χ0v) is 8.12. The summed E-state index contributed by atoms with van der Waals surface area (Å²) < 4.78 is 4.51. The fourth-order valence-corrected chi connectivity index (χ4v) is 0.758. The zero-order valence-electron chi connectivity index (χ0n) is 8.12. The Hall–Kier alpha value is -1.39. The van der Waals surface area contributed by atoms with Gasteiger partial charge in [0.05, 0.1) is 13.0 Å². The van der Waals surface area contributed by atoms with E-state index in [4.69, 9.17) is 5.11 Å². The standard InChI is InChI=1S/C5H8O3.C4H6O2/c1-4(6)2-3-5(7)8;5-4-2-1-3-6-4/h2-3H2,1H3,(H,7,8);1-3H2. The summed E-state index contributed by atoms with van der Waals surface area (Å²) in [6, 6.07) is 0. The first-order valence-corrected chi connectivity index (χ1v) is 4.39. The molecule has 0 aliphatic carbocycles. The van der Waals surface area contributed by atoms with Crippen LogP contribution in [-0.2, 0) is 19.1 Å². The van der Waals surface area contributed by atoms with Crippen LogP contribution in [0.4, 0.5) is 0 Å². The molecular formula is C9H14O5. The molecule has 0 aromatic heterocycles. The number of aliphatic carboxylic acids is 1. The number of ether oxygens (including phenoxy) is 1. The second kappa shape index (κ2) is 7.06. The van der Waals surface area contributed by atoms with Crippen molar-refractivity contribution in [1.82, 2.24) is 0 Å². The van der Waals surface area contributed by atoms with Gasteiger partial charge in [0.25, 0.3) is 0 Å². The van der Waals surface area contributed by atoms with Gasteiger partial charge in [0.1, 0.15) is 5.78 Å². The van der Waals surface area contributed by atoms with Gasteiger partial charge in [0.2, 0.25) is 0 Å². The summed E-state index contributed by atoms with van der Waals surface area (Å²) >= 11 is 0. The summed E-state index contributed by atoms with van der Waals surface area (Å²) in [5, 5.41) is 8.01. The molecule has 0 amide bonds. The number of carbonyl (C=O) groups excluding carboxylic acids is 2. The Bertz CT molecular complexity index is 199. The molecule has 0 radical (unpaired) electrons. The number of ketones is 1. The number of carboxylic acid groups (broad SMARTS) is 1. The highest BCUT2D eigenvalue weighted by molar-refractivity contribution is 5.80.